The van der Waals surface area contributed by atoms with Crippen LogP contribution in [-0.4, -0.2) is 49.4 Å². The quantitative estimate of drug-likeness (QED) is 0.393. The van der Waals surface area contributed by atoms with E-state index in [0.29, 0.717) is 18.6 Å². The van der Waals surface area contributed by atoms with Gasteiger partial charge in [-0.2, -0.15) is 0 Å². The molecule has 0 heterocycles. The summed E-state index contributed by atoms with van der Waals surface area (Å²) < 4.78 is 4.95. The molecule has 0 spiro atoms. The van der Waals surface area contributed by atoms with Gasteiger partial charge in [0.1, 0.15) is 0 Å². The molecule has 0 rings (SSSR count). The summed E-state index contributed by atoms with van der Waals surface area (Å²) in [5.74, 6) is -0.405. The van der Waals surface area contributed by atoms with Crippen molar-refractivity contribution in [3.05, 3.63) is 11.6 Å². The van der Waals surface area contributed by atoms with Gasteiger partial charge < -0.3 is 15.0 Å². The number of rotatable bonds is 9. The largest absolute Gasteiger partial charge is 0.463 e. The summed E-state index contributed by atoms with van der Waals surface area (Å²) >= 11 is 0. The number of nitrogens with one attached hydrogen (secondary N) is 1. The molecule has 0 aliphatic carbocycles. The Morgan fingerprint density at radius 2 is 1.95 bits per heavy atom. The van der Waals surface area contributed by atoms with E-state index in [2.05, 4.69) is 5.32 Å². The first-order valence-electron chi connectivity index (χ1n) is 7.17. The summed E-state index contributed by atoms with van der Waals surface area (Å²) in [7, 11) is 1.67. The number of hydrogen-bond donors (Lipinski definition) is 1. The third-order valence-electron chi connectivity index (χ3n) is 3.42. The summed E-state index contributed by atoms with van der Waals surface area (Å²) in [4.78, 5) is 35.5. The number of nitrogens with zero attached hydrogens (tertiary/aromatic N) is 1. The van der Waals surface area contributed by atoms with Crippen molar-refractivity contribution in [3.8, 4) is 0 Å². The molecular formula is C15H26N2O4. The van der Waals surface area contributed by atoms with Gasteiger partial charge in [-0.25, -0.2) is 4.79 Å². The van der Waals surface area contributed by atoms with Crippen LogP contribution in [0.4, 0.5) is 0 Å². The van der Waals surface area contributed by atoms with Gasteiger partial charge in [0.25, 0.3) is 0 Å². The predicted molar refractivity (Wildman–Crippen MR) is 80.5 cm³/mol. The Morgan fingerprint density at radius 1 is 1.33 bits per heavy atom. The highest BCUT2D eigenvalue weighted by molar-refractivity contribution is 5.88. The third-order valence-corrected chi connectivity index (χ3v) is 3.42. The van der Waals surface area contributed by atoms with Crippen LogP contribution in [0.15, 0.2) is 11.6 Å². The van der Waals surface area contributed by atoms with Crippen LogP contribution in [0, 0.1) is 5.92 Å². The van der Waals surface area contributed by atoms with Crippen LogP contribution in [0.5, 0.6) is 0 Å². The molecule has 2 amide bonds. The van der Waals surface area contributed by atoms with Gasteiger partial charge >= 0.3 is 5.97 Å². The molecule has 0 aliphatic heterocycles. The Morgan fingerprint density at radius 3 is 2.43 bits per heavy atom. The van der Waals surface area contributed by atoms with Crippen LogP contribution >= 0.6 is 0 Å². The van der Waals surface area contributed by atoms with Crippen molar-refractivity contribution in [2.45, 2.75) is 40.2 Å². The minimum Gasteiger partial charge on any atom is -0.463 e. The summed E-state index contributed by atoms with van der Waals surface area (Å²) in [5.41, 5.74) is 0.477. The SMILES string of the molecule is CCOC(=O)/C(C)=C/[C@H]([C@@H](C)CC)N(C)C(=O)CNC=O. The van der Waals surface area contributed by atoms with Crippen molar-refractivity contribution in [1.82, 2.24) is 10.2 Å². The number of carbonyl (C=O) groups is 3. The summed E-state index contributed by atoms with van der Waals surface area (Å²) in [6.07, 6.45) is 3.10. The topological polar surface area (TPSA) is 75.7 Å². The number of likely N-dealkylation sites (N-methyl/N-ethyl adjacent to an activating group) is 1. The van der Waals surface area contributed by atoms with Gasteiger partial charge in [0, 0.05) is 12.6 Å². The fourth-order valence-electron chi connectivity index (χ4n) is 1.89. The summed E-state index contributed by atoms with van der Waals surface area (Å²) in [6, 6.07) is -0.222. The Kier molecular flexibility index (Phi) is 9.08. The second-order valence-corrected chi connectivity index (χ2v) is 4.95. The molecule has 0 unspecified atom stereocenters. The highest BCUT2D eigenvalue weighted by Gasteiger charge is 2.23. The van der Waals surface area contributed by atoms with E-state index in [1.54, 1.807) is 31.9 Å². The maximum Gasteiger partial charge on any atom is 0.333 e. The maximum absolute atomic E-state index is 12.0. The van der Waals surface area contributed by atoms with E-state index < -0.39 is 0 Å². The minimum atomic E-state index is -0.377. The molecule has 0 bridgehead atoms. The van der Waals surface area contributed by atoms with Gasteiger partial charge in [0.05, 0.1) is 19.2 Å². The zero-order valence-corrected chi connectivity index (χ0v) is 13.5. The molecule has 6 heteroatoms. The monoisotopic (exact) mass is 298 g/mol. The van der Waals surface area contributed by atoms with Gasteiger partial charge in [0.2, 0.25) is 12.3 Å². The first-order chi connectivity index (χ1) is 9.88. The first kappa shape index (κ1) is 19.1. The lowest BCUT2D eigenvalue weighted by molar-refractivity contribution is -0.138. The lowest BCUT2D eigenvalue weighted by Gasteiger charge is -2.30. The van der Waals surface area contributed by atoms with E-state index in [4.69, 9.17) is 4.74 Å². The van der Waals surface area contributed by atoms with Gasteiger partial charge in [-0.3, -0.25) is 9.59 Å². The second kappa shape index (κ2) is 9.96. The van der Waals surface area contributed by atoms with E-state index in [9.17, 15) is 14.4 Å². The Hall–Kier alpha value is -1.85. The van der Waals surface area contributed by atoms with Crippen LogP contribution in [0.2, 0.25) is 0 Å². The average Bonchev–Trinajstić information content (AvgIpc) is 2.48. The fourth-order valence-corrected chi connectivity index (χ4v) is 1.89. The number of esters is 1. The van der Waals surface area contributed by atoms with Crippen LogP contribution in [-0.2, 0) is 19.1 Å². The van der Waals surface area contributed by atoms with E-state index >= 15 is 0 Å². The van der Waals surface area contributed by atoms with Gasteiger partial charge in [-0.15, -0.1) is 0 Å². The Balaban J connectivity index is 5.11. The van der Waals surface area contributed by atoms with Crippen molar-refractivity contribution >= 4 is 18.3 Å². The van der Waals surface area contributed by atoms with Crippen molar-refractivity contribution in [2.75, 3.05) is 20.2 Å². The van der Waals surface area contributed by atoms with Crippen LogP contribution < -0.4 is 5.32 Å². The highest BCUT2D eigenvalue weighted by atomic mass is 16.5. The molecule has 0 aromatic heterocycles. The molecule has 0 aliphatic rings. The Bertz CT molecular complexity index is 393. The molecule has 0 saturated carbocycles. The fraction of sp³-hybridized carbons (Fsp3) is 0.667. The van der Waals surface area contributed by atoms with Crippen molar-refractivity contribution in [1.29, 1.82) is 0 Å². The van der Waals surface area contributed by atoms with Crippen molar-refractivity contribution in [2.24, 2.45) is 5.92 Å². The zero-order valence-electron chi connectivity index (χ0n) is 13.5. The lowest BCUT2D eigenvalue weighted by atomic mass is 9.95. The lowest BCUT2D eigenvalue weighted by Crippen LogP contribution is -2.44. The smallest absolute Gasteiger partial charge is 0.333 e. The Labute approximate surface area is 126 Å². The molecule has 0 aromatic rings. The van der Waals surface area contributed by atoms with Crippen molar-refractivity contribution < 1.29 is 19.1 Å². The molecule has 0 aromatic carbocycles. The van der Waals surface area contributed by atoms with E-state index in [0.717, 1.165) is 6.42 Å². The van der Waals surface area contributed by atoms with Crippen molar-refractivity contribution in [3.63, 3.8) is 0 Å². The molecular weight excluding hydrogens is 272 g/mol. The number of amides is 2. The first-order valence-corrected chi connectivity index (χ1v) is 7.17. The molecule has 1 N–H and O–H groups in total. The minimum absolute atomic E-state index is 0.0563. The molecule has 0 fully saturated rings. The molecule has 0 radical (unpaired) electrons. The number of carbonyl (C=O) groups excluding carboxylic acids is 3. The predicted octanol–water partition coefficient (Wildman–Crippen LogP) is 1.11. The third kappa shape index (κ3) is 6.42. The van der Waals surface area contributed by atoms with Crippen LogP contribution in [0.3, 0.4) is 0 Å². The number of hydrogen-bond acceptors (Lipinski definition) is 4. The number of ether oxygens (including phenoxy) is 1. The summed E-state index contributed by atoms with van der Waals surface area (Å²) in [5, 5.41) is 2.35. The average molecular weight is 298 g/mol. The van der Waals surface area contributed by atoms with Crippen LogP contribution in [0.1, 0.15) is 34.1 Å². The van der Waals surface area contributed by atoms with Gasteiger partial charge in [-0.1, -0.05) is 26.3 Å². The van der Waals surface area contributed by atoms with E-state index in [1.807, 2.05) is 13.8 Å². The van der Waals surface area contributed by atoms with Gasteiger partial charge in [-0.05, 0) is 19.8 Å². The van der Waals surface area contributed by atoms with E-state index in [1.165, 1.54) is 0 Å². The van der Waals surface area contributed by atoms with E-state index in [-0.39, 0.29) is 30.4 Å². The zero-order chi connectivity index (χ0) is 16.4. The molecule has 6 nitrogen and oxygen atoms in total. The molecule has 120 valence electrons. The van der Waals surface area contributed by atoms with Crippen LogP contribution in [0.25, 0.3) is 0 Å². The highest BCUT2D eigenvalue weighted by Crippen LogP contribution is 2.17. The summed E-state index contributed by atoms with van der Waals surface area (Å²) in [6.45, 7) is 7.71. The standard InChI is InChI=1S/C15H26N2O4/c1-6-11(3)13(8-12(4)15(20)21-7-2)17(5)14(19)9-16-10-18/h8,10-11,13H,6-7,9H2,1-5H3,(H,16,18)/b12-8+/t11-,13+/m0/s1. The molecule has 21 heavy (non-hydrogen) atoms. The second-order valence-electron chi connectivity index (χ2n) is 4.95. The normalized spacial score (nSPS) is 14.0. The molecule has 2 atom stereocenters. The molecule has 0 saturated heterocycles. The maximum atomic E-state index is 12.0. The van der Waals surface area contributed by atoms with Gasteiger partial charge in [0.15, 0.2) is 0 Å².